The molecule has 1 aliphatic heterocycles. The highest BCUT2D eigenvalue weighted by molar-refractivity contribution is 8.14. The second-order valence-corrected chi connectivity index (χ2v) is 7.34. The second kappa shape index (κ2) is 9.85. The quantitative estimate of drug-likeness (QED) is 0.734. The van der Waals surface area contributed by atoms with Crippen LogP contribution in [0.2, 0.25) is 0 Å². The first-order valence-corrected chi connectivity index (χ1v) is 10.2. The molecular formula is C22H22N4O3S. The lowest BCUT2D eigenvalue weighted by molar-refractivity contribution is -0.113. The fourth-order valence-corrected chi connectivity index (χ4v) is 3.71. The number of aliphatic imine (C=N–C) groups is 1. The van der Waals surface area contributed by atoms with E-state index >= 15 is 0 Å². The van der Waals surface area contributed by atoms with Crippen LogP contribution in [0.25, 0.3) is 0 Å². The van der Waals surface area contributed by atoms with Crippen molar-refractivity contribution in [2.75, 3.05) is 25.3 Å². The summed E-state index contributed by atoms with van der Waals surface area (Å²) in [4.78, 5) is 17.9. The smallest absolute Gasteiger partial charge is 0.255 e. The molecule has 0 aliphatic carbocycles. The van der Waals surface area contributed by atoms with Crippen molar-refractivity contribution in [1.82, 2.24) is 5.32 Å². The zero-order valence-corrected chi connectivity index (χ0v) is 17.7. The summed E-state index contributed by atoms with van der Waals surface area (Å²) in [6.07, 6.45) is 0. The average molecular weight is 423 g/mol. The number of thioether (sulfide) groups is 1. The zero-order chi connectivity index (χ0) is 21.5. The Bertz CT molecular complexity index is 1030. The fraction of sp³-hybridized carbons (Fsp3) is 0.227. The Hall–Kier alpha value is -3.44. The first kappa shape index (κ1) is 21.3. The molecule has 0 fully saturated rings. The molecule has 0 unspecified atom stereocenters. The molecular weight excluding hydrogens is 400 g/mol. The number of benzene rings is 2. The Labute approximate surface area is 179 Å². The van der Waals surface area contributed by atoms with Gasteiger partial charge in [-0.2, -0.15) is 5.26 Å². The lowest BCUT2D eigenvalue weighted by Gasteiger charge is -2.27. The molecule has 1 amide bonds. The molecule has 0 radical (unpaired) electrons. The van der Waals surface area contributed by atoms with Gasteiger partial charge in [0.25, 0.3) is 5.91 Å². The molecule has 7 nitrogen and oxygen atoms in total. The lowest BCUT2D eigenvalue weighted by Crippen LogP contribution is -2.32. The number of carbonyl (C=O) groups excluding carboxylic acids is 1. The maximum absolute atomic E-state index is 13.2. The van der Waals surface area contributed by atoms with Crippen LogP contribution in [0.4, 0.5) is 5.69 Å². The molecule has 1 aliphatic rings. The molecule has 0 bridgehead atoms. The van der Waals surface area contributed by atoms with Gasteiger partial charge in [-0.15, -0.1) is 0 Å². The number of rotatable bonds is 6. The van der Waals surface area contributed by atoms with Crippen LogP contribution in [-0.2, 0) is 4.79 Å². The molecule has 2 N–H and O–H groups in total. The van der Waals surface area contributed by atoms with Gasteiger partial charge in [0.2, 0.25) is 0 Å². The monoisotopic (exact) mass is 422 g/mol. The number of anilines is 1. The Morgan fingerprint density at radius 3 is 2.67 bits per heavy atom. The Kier molecular flexibility index (Phi) is 6.99. The van der Waals surface area contributed by atoms with Crippen molar-refractivity contribution in [1.29, 1.82) is 5.26 Å². The number of methoxy groups -OCH3 is 2. The van der Waals surface area contributed by atoms with E-state index in [0.717, 1.165) is 5.56 Å². The van der Waals surface area contributed by atoms with Gasteiger partial charge in [-0.25, -0.2) is 4.99 Å². The van der Waals surface area contributed by atoms with Gasteiger partial charge in [-0.3, -0.25) is 4.79 Å². The van der Waals surface area contributed by atoms with Gasteiger partial charge in [0.15, 0.2) is 5.17 Å². The summed E-state index contributed by atoms with van der Waals surface area (Å²) in [5.41, 5.74) is 2.56. The number of amides is 1. The zero-order valence-electron chi connectivity index (χ0n) is 16.9. The molecule has 1 heterocycles. The predicted molar refractivity (Wildman–Crippen MR) is 119 cm³/mol. The van der Waals surface area contributed by atoms with E-state index in [1.807, 2.05) is 43.3 Å². The fourth-order valence-electron chi connectivity index (χ4n) is 3.10. The SMILES string of the molecule is COc1ccc([C@@H]2N=C(SCC#N)NC(C)=C2C(=O)Nc2ccccc2)c(OC)c1. The number of nitriles is 1. The molecule has 0 saturated heterocycles. The largest absolute Gasteiger partial charge is 0.497 e. The highest BCUT2D eigenvalue weighted by Crippen LogP contribution is 2.39. The maximum Gasteiger partial charge on any atom is 0.255 e. The molecule has 2 aromatic carbocycles. The minimum Gasteiger partial charge on any atom is -0.497 e. The lowest BCUT2D eigenvalue weighted by atomic mass is 9.95. The van der Waals surface area contributed by atoms with Crippen LogP contribution in [0.3, 0.4) is 0 Å². The van der Waals surface area contributed by atoms with E-state index in [1.165, 1.54) is 11.8 Å². The number of ether oxygens (including phenoxy) is 2. The third kappa shape index (κ3) is 4.75. The summed E-state index contributed by atoms with van der Waals surface area (Å²) in [6.45, 7) is 1.82. The third-order valence-corrected chi connectivity index (χ3v) is 5.26. The summed E-state index contributed by atoms with van der Waals surface area (Å²) >= 11 is 1.28. The number of nitrogens with zero attached hydrogens (tertiary/aromatic N) is 2. The van der Waals surface area contributed by atoms with Crippen molar-refractivity contribution in [2.45, 2.75) is 13.0 Å². The van der Waals surface area contributed by atoms with Crippen molar-refractivity contribution >= 4 is 28.5 Å². The minimum atomic E-state index is -0.600. The van der Waals surface area contributed by atoms with Crippen molar-refractivity contribution < 1.29 is 14.3 Å². The number of hydrogen-bond donors (Lipinski definition) is 2. The van der Waals surface area contributed by atoms with Gasteiger partial charge in [-0.1, -0.05) is 30.0 Å². The summed E-state index contributed by atoms with van der Waals surface area (Å²) < 4.78 is 10.8. The molecule has 0 saturated carbocycles. The molecule has 154 valence electrons. The van der Waals surface area contributed by atoms with Gasteiger partial charge >= 0.3 is 0 Å². The van der Waals surface area contributed by atoms with E-state index < -0.39 is 6.04 Å². The van der Waals surface area contributed by atoms with E-state index in [9.17, 15) is 4.79 Å². The number of carbonyl (C=O) groups is 1. The van der Waals surface area contributed by atoms with Crippen molar-refractivity contribution in [3.63, 3.8) is 0 Å². The molecule has 1 atom stereocenters. The first-order chi connectivity index (χ1) is 14.6. The van der Waals surface area contributed by atoms with E-state index in [1.54, 1.807) is 26.4 Å². The van der Waals surface area contributed by atoms with Crippen LogP contribution >= 0.6 is 11.8 Å². The second-order valence-electron chi connectivity index (χ2n) is 6.38. The Balaban J connectivity index is 2.03. The van der Waals surface area contributed by atoms with Crippen molar-refractivity contribution in [3.05, 3.63) is 65.4 Å². The number of hydrogen-bond acceptors (Lipinski definition) is 7. The third-order valence-electron chi connectivity index (χ3n) is 4.50. The van der Waals surface area contributed by atoms with Crippen LogP contribution in [0.5, 0.6) is 11.5 Å². The van der Waals surface area contributed by atoms with Crippen molar-refractivity contribution in [3.8, 4) is 17.6 Å². The van der Waals surface area contributed by atoms with Crippen LogP contribution in [0.1, 0.15) is 18.5 Å². The summed E-state index contributed by atoms with van der Waals surface area (Å²) in [5, 5.41) is 15.6. The van der Waals surface area contributed by atoms with Gasteiger partial charge in [0.1, 0.15) is 17.5 Å². The minimum absolute atomic E-state index is 0.247. The first-order valence-electron chi connectivity index (χ1n) is 9.21. The predicted octanol–water partition coefficient (Wildman–Crippen LogP) is 3.87. The Morgan fingerprint density at radius 1 is 1.23 bits per heavy atom. The maximum atomic E-state index is 13.2. The number of nitrogens with one attached hydrogen (secondary N) is 2. The van der Waals surface area contributed by atoms with Crippen molar-refractivity contribution in [2.24, 2.45) is 4.99 Å². The van der Waals surface area contributed by atoms with Gasteiger partial charge in [0, 0.05) is 23.0 Å². The van der Waals surface area contributed by atoms with E-state index in [0.29, 0.717) is 33.6 Å². The molecule has 2 aromatic rings. The molecule has 30 heavy (non-hydrogen) atoms. The van der Waals surface area contributed by atoms with E-state index in [2.05, 4.69) is 16.7 Å². The van der Waals surface area contributed by atoms with Gasteiger partial charge in [-0.05, 0) is 31.2 Å². The topological polar surface area (TPSA) is 95.7 Å². The summed E-state index contributed by atoms with van der Waals surface area (Å²) in [5.74, 6) is 1.19. The van der Waals surface area contributed by atoms with Crippen LogP contribution in [0, 0.1) is 11.3 Å². The van der Waals surface area contributed by atoms with Gasteiger partial charge < -0.3 is 20.1 Å². The van der Waals surface area contributed by atoms with Crippen LogP contribution in [0.15, 0.2) is 64.8 Å². The number of allylic oxidation sites excluding steroid dienone is 1. The highest BCUT2D eigenvalue weighted by Gasteiger charge is 2.31. The van der Waals surface area contributed by atoms with Gasteiger partial charge in [0.05, 0.1) is 31.6 Å². The van der Waals surface area contributed by atoms with Crippen LogP contribution in [-0.4, -0.2) is 31.0 Å². The normalized spacial score (nSPS) is 15.5. The molecule has 0 spiro atoms. The average Bonchev–Trinajstić information content (AvgIpc) is 2.77. The summed E-state index contributed by atoms with van der Waals surface area (Å²) in [6, 6.07) is 16.1. The number of para-hydroxylation sites is 1. The van der Waals surface area contributed by atoms with Crippen LogP contribution < -0.4 is 20.1 Å². The molecule has 3 rings (SSSR count). The highest BCUT2D eigenvalue weighted by atomic mass is 32.2. The Morgan fingerprint density at radius 2 is 2.00 bits per heavy atom. The van der Waals surface area contributed by atoms with E-state index in [4.69, 9.17) is 19.7 Å². The van der Waals surface area contributed by atoms with E-state index in [-0.39, 0.29) is 11.7 Å². The summed E-state index contributed by atoms with van der Waals surface area (Å²) in [7, 11) is 3.14. The standard InChI is InChI=1S/C22H22N4O3S/c1-14-19(21(27)25-15-7-5-4-6-8-15)20(26-22(24-14)30-12-11-23)17-10-9-16(28-2)13-18(17)29-3/h4-10,13,20H,12H2,1-3H3,(H,24,26)(H,25,27)/t20-/m0/s1. The molecule has 8 heteroatoms. The molecule has 0 aromatic heterocycles. The number of amidine groups is 1.